The van der Waals surface area contributed by atoms with Crippen LogP contribution >= 0.6 is 11.8 Å². The van der Waals surface area contributed by atoms with E-state index in [1.807, 2.05) is 36.4 Å². The number of carbonyl (C=O) groups excluding carboxylic acids is 1. The molecule has 0 aliphatic carbocycles. The Kier molecular flexibility index (Phi) is 7.29. The van der Waals surface area contributed by atoms with E-state index in [1.54, 1.807) is 11.8 Å². The number of hydrogen-bond acceptors (Lipinski definition) is 2. The first-order valence-corrected chi connectivity index (χ1v) is 10.7. The smallest absolute Gasteiger partial charge is 0.279 e. The summed E-state index contributed by atoms with van der Waals surface area (Å²) in [5.74, 6) is 0.0405. The van der Waals surface area contributed by atoms with E-state index in [4.69, 9.17) is 0 Å². The van der Waals surface area contributed by atoms with Crippen LogP contribution in [0.3, 0.4) is 0 Å². The maximum atomic E-state index is 12.6. The minimum absolute atomic E-state index is 0.0405. The van der Waals surface area contributed by atoms with E-state index >= 15 is 0 Å². The van der Waals surface area contributed by atoms with Gasteiger partial charge >= 0.3 is 0 Å². The molecule has 28 heavy (non-hydrogen) atoms. The Morgan fingerprint density at radius 1 is 0.893 bits per heavy atom. The van der Waals surface area contributed by atoms with Gasteiger partial charge in [-0.1, -0.05) is 60.7 Å². The second-order valence-electron chi connectivity index (χ2n) is 7.03. The van der Waals surface area contributed by atoms with Gasteiger partial charge in [0.25, 0.3) is 5.91 Å². The zero-order valence-corrected chi connectivity index (χ0v) is 17.3. The van der Waals surface area contributed by atoms with E-state index in [0.717, 1.165) is 29.1 Å². The molecule has 2 N–H and O–H groups in total. The van der Waals surface area contributed by atoms with Crippen molar-refractivity contribution < 1.29 is 9.69 Å². The van der Waals surface area contributed by atoms with E-state index in [1.165, 1.54) is 16.0 Å². The third-order valence-electron chi connectivity index (χ3n) is 4.66. The fourth-order valence-electron chi connectivity index (χ4n) is 3.24. The van der Waals surface area contributed by atoms with E-state index in [-0.39, 0.29) is 5.91 Å². The number of nitrogens with one attached hydrogen (secondary N) is 2. The van der Waals surface area contributed by atoms with Crippen LogP contribution in [0.1, 0.15) is 16.7 Å². The number of benzene rings is 3. The summed E-state index contributed by atoms with van der Waals surface area (Å²) in [4.78, 5) is 15.0. The van der Waals surface area contributed by atoms with Gasteiger partial charge in [-0.2, -0.15) is 0 Å². The van der Waals surface area contributed by atoms with Gasteiger partial charge in [0.05, 0.1) is 7.05 Å². The number of carbonyl (C=O) groups is 1. The molecule has 0 aromatic heterocycles. The van der Waals surface area contributed by atoms with Crippen LogP contribution in [0.2, 0.25) is 0 Å². The van der Waals surface area contributed by atoms with Crippen molar-refractivity contribution in [3.05, 3.63) is 95.6 Å². The summed E-state index contributed by atoms with van der Waals surface area (Å²) < 4.78 is 0. The van der Waals surface area contributed by atoms with Gasteiger partial charge in [-0.15, -0.1) is 11.8 Å². The molecule has 3 nitrogen and oxygen atoms in total. The van der Waals surface area contributed by atoms with Gasteiger partial charge < -0.3 is 10.2 Å². The van der Waals surface area contributed by atoms with Crippen molar-refractivity contribution in [2.24, 2.45) is 0 Å². The maximum Gasteiger partial charge on any atom is 0.279 e. The first-order chi connectivity index (χ1) is 13.6. The van der Waals surface area contributed by atoms with E-state index in [9.17, 15) is 4.79 Å². The second-order valence-corrected chi connectivity index (χ2v) is 7.91. The van der Waals surface area contributed by atoms with Crippen molar-refractivity contribution in [2.75, 3.05) is 25.2 Å². The highest BCUT2D eigenvalue weighted by molar-refractivity contribution is 7.98. The van der Waals surface area contributed by atoms with Crippen molar-refractivity contribution in [1.29, 1.82) is 0 Å². The van der Waals surface area contributed by atoms with Crippen molar-refractivity contribution in [1.82, 2.24) is 0 Å². The third-order valence-corrected chi connectivity index (χ3v) is 5.40. The Bertz CT molecular complexity index is 894. The number of anilines is 1. The van der Waals surface area contributed by atoms with Gasteiger partial charge in [0.1, 0.15) is 6.54 Å². The van der Waals surface area contributed by atoms with Gasteiger partial charge in [0.2, 0.25) is 0 Å². The van der Waals surface area contributed by atoms with Crippen molar-refractivity contribution in [2.45, 2.75) is 17.9 Å². The van der Waals surface area contributed by atoms with Crippen LogP contribution in [-0.2, 0) is 17.8 Å². The molecule has 4 heteroatoms. The van der Waals surface area contributed by atoms with Crippen LogP contribution in [0, 0.1) is 0 Å². The van der Waals surface area contributed by atoms with E-state index in [0.29, 0.717) is 6.54 Å². The molecule has 0 saturated heterocycles. The Morgan fingerprint density at radius 3 is 2.29 bits per heavy atom. The van der Waals surface area contributed by atoms with Crippen molar-refractivity contribution >= 4 is 23.4 Å². The number of likely N-dealkylation sites (N-methyl/N-ethyl adjacent to an activating group) is 1. The van der Waals surface area contributed by atoms with Crippen LogP contribution in [-0.4, -0.2) is 25.8 Å². The summed E-state index contributed by atoms with van der Waals surface area (Å²) >= 11 is 1.74. The van der Waals surface area contributed by atoms with Gasteiger partial charge in [-0.3, -0.25) is 4.79 Å². The fourth-order valence-corrected chi connectivity index (χ4v) is 3.64. The standard InChI is InChI=1S/C24H26N2OS/c1-26(17-20-12-14-22(28-2)15-13-20)18-24(27)25-23-11-7-6-10-21(23)16-19-8-4-3-5-9-19/h3-15H,16-18H2,1-2H3,(H,25,27)/p+1. The average molecular weight is 392 g/mol. The normalized spacial score (nSPS) is 11.8. The lowest BCUT2D eigenvalue weighted by Crippen LogP contribution is -3.08. The largest absolute Gasteiger partial charge is 0.326 e. The molecule has 0 radical (unpaired) electrons. The molecule has 1 unspecified atom stereocenters. The summed E-state index contributed by atoms with van der Waals surface area (Å²) in [6, 6.07) is 26.9. The summed E-state index contributed by atoms with van der Waals surface area (Å²) in [6.45, 7) is 1.26. The average Bonchev–Trinajstić information content (AvgIpc) is 2.70. The number of amides is 1. The van der Waals surface area contributed by atoms with Crippen LogP contribution in [0.4, 0.5) is 5.69 Å². The Balaban J connectivity index is 1.58. The zero-order valence-electron chi connectivity index (χ0n) is 16.4. The highest BCUT2D eigenvalue weighted by Crippen LogP contribution is 2.19. The lowest BCUT2D eigenvalue weighted by Gasteiger charge is -2.15. The summed E-state index contributed by atoms with van der Waals surface area (Å²) in [7, 11) is 2.05. The Morgan fingerprint density at radius 2 is 1.57 bits per heavy atom. The van der Waals surface area contributed by atoms with Gasteiger partial charge in [0.15, 0.2) is 6.54 Å². The molecule has 1 amide bonds. The molecule has 1 atom stereocenters. The van der Waals surface area contributed by atoms with Crippen LogP contribution in [0.5, 0.6) is 0 Å². The SMILES string of the molecule is CSc1ccc(C[NH+](C)CC(=O)Nc2ccccc2Cc2ccccc2)cc1. The molecular formula is C24H27N2OS+. The van der Waals surface area contributed by atoms with Crippen LogP contribution in [0.25, 0.3) is 0 Å². The molecule has 3 aromatic rings. The third kappa shape index (κ3) is 5.98. The molecule has 3 rings (SSSR count). The van der Waals surface area contributed by atoms with Gasteiger partial charge in [-0.05, 0) is 42.0 Å². The van der Waals surface area contributed by atoms with E-state index < -0.39 is 0 Å². The molecule has 0 saturated carbocycles. The molecule has 144 valence electrons. The summed E-state index contributed by atoms with van der Waals surface area (Å²) in [5.41, 5.74) is 4.51. The molecule has 0 aliphatic rings. The monoisotopic (exact) mass is 391 g/mol. The molecule has 3 aromatic carbocycles. The van der Waals surface area contributed by atoms with E-state index in [2.05, 4.69) is 61.1 Å². The summed E-state index contributed by atoms with van der Waals surface area (Å²) in [5, 5.41) is 3.10. The van der Waals surface area contributed by atoms with Crippen LogP contribution in [0.15, 0.2) is 83.8 Å². The minimum Gasteiger partial charge on any atom is -0.326 e. The number of quaternary nitrogens is 1. The minimum atomic E-state index is 0.0405. The highest BCUT2D eigenvalue weighted by Gasteiger charge is 2.13. The fraction of sp³-hybridized carbons (Fsp3) is 0.208. The number of rotatable bonds is 8. The number of thioether (sulfide) groups is 1. The van der Waals surface area contributed by atoms with Gasteiger partial charge in [0, 0.05) is 16.1 Å². The molecular weight excluding hydrogens is 364 g/mol. The Hall–Kier alpha value is -2.56. The predicted octanol–water partition coefficient (Wildman–Crippen LogP) is 3.65. The maximum absolute atomic E-state index is 12.6. The molecule has 0 fully saturated rings. The molecule has 0 spiro atoms. The zero-order chi connectivity index (χ0) is 19.8. The molecule has 0 aliphatic heterocycles. The number of para-hydroxylation sites is 1. The predicted molar refractivity (Wildman–Crippen MR) is 118 cm³/mol. The quantitative estimate of drug-likeness (QED) is 0.575. The topological polar surface area (TPSA) is 33.5 Å². The Labute approximate surface area is 171 Å². The lowest BCUT2D eigenvalue weighted by atomic mass is 10.0. The lowest BCUT2D eigenvalue weighted by molar-refractivity contribution is -0.885. The molecule has 0 heterocycles. The summed E-state index contributed by atoms with van der Waals surface area (Å²) in [6.07, 6.45) is 2.88. The first-order valence-electron chi connectivity index (χ1n) is 9.50. The van der Waals surface area contributed by atoms with Gasteiger partial charge in [-0.25, -0.2) is 0 Å². The van der Waals surface area contributed by atoms with Crippen LogP contribution < -0.4 is 10.2 Å². The van der Waals surface area contributed by atoms with Crippen molar-refractivity contribution in [3.63, 3.8) is 0 Å². The second kappa shape index (κ2) is 10.1. The highest BCUT2D eigenvalue weighted by atomic mass is 32.2. The van der Waals surface area contributed by atoms with Crippen molar-refractivity contribution in [3.8, 4) is 0 Å². The first kappa shape index (κ1) is 20.2. The molecule has 0 bridgehead atoms. The number of hydrogen-bond donors (Lipinski definition) is 2.